The molecule has 14 heavy (non-hydrogen) atoms. The van der Waals surface area contributed by atoms with Crippen LogP contribution in [0.5, 0.6) is 0 Å². The number of oxazole rings is 1. The van der Waals surface area contributed by atoms with E-state index in [-0.39, 0.29) is 17.8 Å². The van der Waals surface area contributed by atoms with Gasteiger partial charge in [-0.15, -0.1) is 12.3 Å². The maximum Gasteiger partial charge on any atom is 0.357 e. The standard InChI is InChI=1S/C9H10N2O3/c1-3-4-6(2)10-9-11-7(5-14-9)8(12)13/h1,5-6H,4H2,2H3,(H,10,11)(H,12,13). The molecule has 2 N–H and O–H groups in total. The summed E-state index contributed by atoms with van der Waals surface area (Å²) in [4.78, 5) is 14.1. The Morgan fingerprint density at radius 3 is 3.14 bits per heavy atom. The molecule has 1 atom stereocenters. The van der Waals surface area contributed by atoms with E-state index in [1.807, 2.05) is 6.92 Å². The van der Waals surface area contributed by atoms with Gasteiger partial charge < -0.3 is 14.8 Å². The molecule has 0 spiro atoms. The van der Waals surface area contributed by atoms with Crippen LogP contribution in [-0.2, 0) is 0 Å². The average Bonchev–Trinajstić information content (AvgIpc) is 2.53. The molecule has 74 valence electrons. The SMILES string of the molecule is C#CCC(C)Nc1nc(C(=O)O)co1. The zero-order chi connectivity index (χ0) is 10.6. The first kappa shape index (κ1) is 10.1. The van der Waals surface area contributed by atoms with Gasteiger partial charge in [-0.2, -0.15) is 4.98 Å². The Hall–Kier alpha value is -1.96. The maximum atomic E-state index is 10.4. The van der Waals surface area contributed by atoms with Crippen LogP contribution in [0.4, 0.5) is 6.01 Å². The van der Waals surface area contributed by atoms with Crippen LogP contribution in [0.25, 0.3) is 0 Å². The monoisotopic (exact) mass is 194 g/mol. The average molecular weight is 194 g/mol. The molecule has 0 aromatic carbocycles. The molecule has 1 heterocycles. The number of carboxylic acids is 1. The van der Waals surface area contributed by atoms with Gasteiger partial charge >= 0.3 is 5.97 Å². The fourth-order valence-corrected chi connectivity index (χ4v) is 0.877. The van der Waals surface area contributed by atoms with Gasteiger partial charge in [-0.05, 0) is 6.92 Å². The van der Waals surface area contributed by atoms with Crippen molar-refractivity contribution >= 4 is 12.0 Å². The number of hydrogen-bond donors (Lipinski definition) is 2. The van der Waals surface area contributed by atoms with E-state index in [1.165, 1.54) is 0 Å². The number of hydrogen-bond acceptors (Lipinski definition) is 4. The number of rotatable bonds is 4. The molecular formula is C9H10N2O3. The molecule has 0 saturated heterocycles. The molecule has 0 amide bonds. The third-order valence-corrected chi connectivity index (χ3v) is 1.52. The van der Waals surface area contributed by atoms with Crippen molar-refractivity contribution in [1.82, 2.24) is 4.98 Å². The Bertz CT molecular complexity index is 364. The van der Waals surface area contributed by atoms with Gasteiger partial charge in [0.05, 0.1) is 0 Å². The number of terminal acetylenes is 1. The van der Waals surface area contributed by atoms with E-state index in [0.29, 0.717) is 6.42 Å². The van der Waals surface area contributed by atoms with E-state index in [0.717, 1.165) is 6.26 Å². The van der Waals surface area contributed by atoms with Gasteiger partial charge in [0.15, 0.2) is 5.69 Å². The fourth-order valence-electron chi connectivity index (χ4n) is 0.877. The van der Waals surface area contributed by atoms with Crippen LogP contribution in [0.3, 0.4) is 0 Å². The topological polar surface area (TPSA) is 75.4 Å². The van der Waals surface area contributed by atoms with Crippen molar-refractivity contribution in [2.45, 2.75) is 19.4 Å². The van der Waals surface area contributed by atoms with E-state index < -0.39 is 5.97 Å². The van der Waals surface area contributed by atoms with E-state index in [1.54, 1.807) is 0 Å². The summed E-state index contributed by atoms with van der Waals surface area (Å²) in [6, 6.07) is 0.172. The van der Waals surface area contributed by atoms with E-state index in [9.17, 15) is 4.79 Å². The number of aromatic carboxylic acids is 1. The number of carboxylic acid groups (broad SMARTS) is 1. The molecule has 0 bridgehead atoms. The zero-order valence-electron chi connectivity index (χ0n) is 7.65. The lowest BCUT2D eigenvalue weighted by Gasteiger charge is -2.06. The highest BCUT2D eigenvalue weighted by atomic mass is 16.4. The lowest BCUT2D eigenvalue weighted by atomic mass is 10.2. The van der Waals surface area contributed by atoms with Crippen molar-refractivity contribution in [1.29, 1.82) is 0 Å². The molecule has 0 saturated carbocycles. The highest BCUT2D eigenvalue weighted by molar-refractivity contribution is 5.85. The minimum absolute atomic E-state index is 0.000273. The molecule has 5 heteroatoms. The van der Waals surface area contributed by atoms with Crippen molar-refractivity contribution in [3.05, 3.63) is 12.0 Å². The molecule has 0 radical (unpaired) electrons. The first-order chi connectivity index (χ1) is 6.63. The van der Waals surface area contributed by atoms with Crippen LogP contribution >= 0.6 is 0 Å². The lowest BCUT2D eigenvalue weighted by Crippen LogP contribution is -2.14. The summed E-state index contributed by atoms with van der Waals surface area (Å²) in [6.45, 7) is 1.85. The molecular weight excluding hydrogens is 184 g/mol. The van der Waals surface area contributed by atoms with Crippen molar-refractivity contribution in [2.24, 2.45) is 0 Å². The summed E-state index contributed by atoms with van der Waals surface area (Å²) in [5, 5.41) is 11.4. The molecule has 0 aliphatic carbocycles. The van der Waals surface area contributed by atoms with Crippen LogP contribution in [0.1, 0.15) is 23.8 Å². The summed E-state index contributed by atoms with van der Waals surface area (Å²) in [5.74, 6) is 1.35. The molecule has 1 unspecified atom stereocenters. The first-order valence-corrected chi connectivity index (χ1v) is 4.02. The molecule has 0 fully saturated rings. The second-order valence-electron chi connectivity index (χ2n) is 2.80. The van der Waals surface area contributed by atoms with Crippen molar-refractivity contribution < 1.29 is 14.3 Å². The summed E-state index contributed by atoms with van der Waals surface area (Å²) in [7, 11) is 0. The summed E-state index contributed by atoms with van der Waals surface area (Å²) in [6.07, 6.45) is 6.70. The number of nitrogens with one attached hydrogen (secondary N) is 1. The predicted octanol–water partition coefficient (Wildman–Crippen LogP) is 1.20. The third-order valence-electron chi connectivity index (χ3n) is 1.52. The molecule has 0 aliphatic rings. The van der Waals surface area contributed by atoms with Crippen molar-refractivity contribution in [3.8, 4) is 12.3 Å². The zero-order valence-corrected chi connectivity index (χ0v) is 7.65. The van der Waals surface area contributed by atoms with Crippen LogP contribution in [-0.4, -0.2) is 22.1 Å². The van der Waals surface area contributed by atoms with Crippen molar-refractivity contribution in [3.63, 3.8) is 0 Å². The molecule has 0 aliphatic heterocycles. The Morgan fingerprint density at radius 1 is 1.93 bits per heavy atom. The van der Waals surface area contributed by atoms with E-state index in [4.69, 9.17) is 15.9 Å². The third kappa shape index (κ3) is 2.52. The Labute approximate surface area is 81.1 Å². The van der Waals surface area contributed by atoms with Crippen molar-refractivity contribution in [2.75, 3.05) is 5.32 Å². The van der Waals surface area contributed by atoms with Gasteiger partial charge in [0, 0.05) is 12.5 Å². The number of anilines is 1. The quantitative estimate of drug-likeness (QED) is 0.704. The van der Waals surface area contributed by atoms with Crippen LogP contribution in [0.2, 0.25) is 0 Å². The van der Waals surface area contributed by atoms with Gasteiger partial charge in [0.1, 0.15) is 6.26 Å². The molecule has 1 aromatic heterocycles. The second-order valence-corrected chi connectivity index (χ2v) is 2.80. The summed E-state index contributed by atoms with van der Waals surface area (Å²) in [5.41, 5.74) is -0.125. The highest BCUT2D eigenvalue weighted by Gasteiger charge is 2.11. The van der Waals surface area contributed by atoms with E-state index in [2.05, 4.69) is 16.2 Å². The van der Waals surface area contributed by atoms with E-state index >= 15 is 0 Å². The van der Waals surface area contributed by atoms with Crippen LogP contribution in [0.15, 0.2) is 10.7 Å². The summed E-state index contributed by atoms with van der Waals surface area (Å²) < 4.78 is 4.87. The molecule has 5 nitrogen and oxygen atoms in total. The smallest absolute Gasteiger partial charge is 0.357 e. The van der Waals surface area contributed by atoms with Crippen LogP contribution in [0, 0.1) is 12.3 Å². The minimum atomic E-state index is -1.12. The van der Waals surface area contributed by atoms with Gasteiger partial charge in [0.2, 0.25) is 0 Å². The fraction of sp³-hybridized carbons (Fsp3) is 0.333. The van der Waals surface area contributed by atoms with Crippen LogP contribution < -0.4 is 5.32 Å². The lowest BCUT2D eigenvalue weighted by molar-refractivity contribution is 0.0690. The maximum absolute atomic E-state index is 10.4. The summed E-state index contributed by atoms with van der Waals surface area (Å²) >= 11 is 0. The van der Waals surface area contributed by atoms with Gasteiger partial charge in [0.25, 0.3) is 6.01 Å². The number of aromatic nitrogens is 1. The predicted molar refractivity (Wildman–Crippen MR) is 50.0 cm³/mol. The number of carbonyl (C=O) groups is 1. The number of nitrogens with zero attached hydrogens (tertiary/aromatic N) is 1. The minimum Gasteiger partial charge on any atom is -0.476 e. The largest absolute Gasteiger partial charge is 0.476 e. The van der Waals surface area contributed by atoms with Gasteiger partial charge in [-0.25, -0.2) is 4.79 Å². The Balaban J connectivity index is 2.60. The Morgan fingerprint density at radius 2 is 2.64 bits per heavy atom. The normalized spacial score (nSPS) is 11.7. The van der Waals surface area contributed by atoms with Gasteiger partial charge in [-0.3, -0.25) is 0 Å². The molecule has 1 rings (SSSR count). The first-order valence-electron chi connectivity index (χ1n) is 4.02. The van der Waals surface area contributed by atoms with Gasteiger partial charge in [-0.1, -0.05) is 0 Å². The molecule has 1 aromatic rings. The Kier molecular flexibility index (Phi) is 3.13. The second kappa shape index (κ2) is 4.33. The highest BCUT2D eigenvalue weighted by Crippen LogP contribution is 2.09.